The number of hydrogen-bond donors (Lipinski definition) is 0. The first-order valence-corrected chi connectivity index (χ1v) is 10.3. The highest BCUT2D eigenvalue weighted by Crippen LogP contribution is 2.22. The Balaban J connectivity index is 1.88. The Bertz CT molecular complexity index is 981. The number of halogens is 1. The van der Waals surface area contributed by atoms with Gasteiger partial charge < -0.3 is 4.57 Å². The monoisotopic (exact) mass is 386 g/mol. The largest absolute Gasteiger partial charge is 0.346 e. The van der Waals surface area contributed by atoms with Gasteiger partial charge in [-0.15, -0.1) is 0 Å². The van der Waals surface area contributed by atoms with Crippen LogP contribution in [0.15, 0.2) is 77.8 Å². The zero-order valence-corrected chi connectivity index (χ0v) is 16.2. The summed E-state index contributed by atoms with van der Waals surface area (Å²) in [6.45, 7) is 4.60. The van der Waals surface area contributed by atoms with E-state index in [9.17, 15) is 12.8 Å². The van der Waals surface area contributed by atoms with Crippen LogP contribution < -0.4 is 0 Å². The van der Waals surface area contributed by atoms with E-state index in [1.54, 1.807) is 0 Å². The molecule has 0 aliphatic heterocycles. The molecule has 2 aromatic carbocycles. The van der Waals surface area contributed by atoms with Gasteiger partial charge in [-0.25, -0.2) is 12.8 Å². The predicted molar refractivity (Wildman–Crippen MR) is 104 cm³/mol. The molecule has 0 unspecified atom stereocenters. The highest BCUT2D eigenvalue weighted by Gasteiger charge is 2.28. The number of sulfonamides is 1. The van der Waals surface area contributed by atoms with Gasteiger partial charge >= 0.3 is 0 Å². The van der Waals surface area contributed by atoms with Crippen LogP contribution in [-0.4, -0.2) is 23.3 Å². The molecule has 0 aliphatic rings. The second-order valence-corrected chi connectivity index (χ2v) is 8.60. The molecule has 4 nitrogen and oxygen atoms in total. The van der Waals surface area contributed by atoms with E-state index in [4.69, 9.17) is 0 Å². The fourth-order valence-electron chi connectivity index (χ4n) is 2.97. The van der Waals surface area contributed by atoms with Crippen molar-refractivity contribution in [3.05, 3.63) is 90.0 Å². The number of rotatable bonds is 7. The van der Waals surface area contributed by atoms with Crippen molar-refractivity contribution in [1.29, 1.82) is 0 Å². The molecule has 0 radical (unpaired) electrons. The zero-order valence-electron chi connectivity index (χ0n) is 15.4. The van der Waals surface area contributed by atoms with Crippen LogP contribution in [-0.2, 0) is 23.1 Å². The third-order valence-corrected chi connectivity index (χ3v) is 6.47. The molecule has 0 saturated heterocycles. The van der Waals surface area contributed by atoms with Crippen molar-refractivity contribution in [2.24, 2.45) is 0 Å². The zero-order chi connectivity index (χ0) is 19.4. The Hall–Kier alpha value is -2.44. The Morgan fingerprint density at radius 3 is 2.26 bits per heavy atom. The quantitative estimate of drug-likeness (QED) is 0.608. The smallest absolute Gasteiger partial charge is 0.243 e. The van der Waals surface area contributed by atoms with Crippen LogP contribution in [0.4, 0.5) is 4.39 Å². The summed E-state index contributed by atoms with van der Waals surface area (Å²) in [7, 11) is -3.73. The van der Waals surface area contributed by atoms with Crippen LogP contribution >= 0.6 is 0 Å². The minimum atomic E-state index is -3.73. The molecule has 0 atom stereocenters. The van der Waals surface area contributed by atoms with E-state index in [1.165, 1.54) is 28.6 Å². The molecule has 0 bridgehead atoms. The van der Waals surface area contributed by atoms with E-state index in [0.29, 0.717) is 6.54 Å². The van der Waals surface area contributed by atoms with Crippen LogP contribution in [0.3, 0.4) is 0 Å². The maximum absolute atomic E-state index is 13.2. The van der Waals surface area contributed by atoms with Gasteiger partial charge in [-0.3, -0.25) is 0 Å². The predicted octanol–water partition coefficient (Wildman–Crippen LogP) is 4.27. The number of hydrogen-bond acceptors (Lipinski definition) is 2. The van der Waals surface area contributed by atoms with Crippen molar-refractivity contribution in [1.82, 2.24) is 8.87 Å². The number of benzene rings is 2. The lowest BCUT2D eigenvalue weighted by atomic mass is 10.2. The minimum Gasteiger partial charge on any atom is -0.346 e. The second-order valence-electron chi connectivity index (χ2n) is 6.71. The van der Waals surface area contributed by atoms with Gasteiger partial charge in [0.1, 0.15) is 5.82 Å². The van der Waals surface area contributed by atoms with Crippen LogP contribution in [0.1, 0.15) is 25.1 Å². The number of aromatic nitrogens is 1. The van der Waals surface area contributed by atoms with Crippen molar-refractivity contribution >= 4 is 10.0 Å². The molecule has 3 aromatic rings. The Labute approximate surface area is 159 Å². The van der Waals surface area contributed by atoms with Crippen LogP contribution in [0.2, 0.25) is 0 Å². The molecular weight excluding hydrogens is 363 g/mol. The molecule has 3 rings (SSSR count). The van der Waals surface area contributed by atoms with Crippen molar-refractivity contribution in [2.75, 3.05) is 0 Å². The molecule has 0 N–H and O–H groups in total. The highest BCUT2D eigenvalue weighted by atomic mass is 32.2. The summed E-state index contributed by atoms with van der Waals surface area (Å²) in [6.07, 6.45) is 1.95. The lowest BCUT2D eigenvalue weighted by molar-refractivity contribution is 0.340. The summed E-state index contributed by atoms with van der Waals surface area (Å²) < 4.78 is 42.8. The summed E-state index contributed by atoms with van der Waals surface area (Å²) in [5, 5.41) is 0. The lowest BCUT2D eigenvalue weighted by Gasteiger charge is -2.26. The van der Waals surface area contributed by atoms with E-state index < -0.39 is 15.8 Å². The van der Waals surface area contributed by atoms with Gasteiger partial charge in [-0.05, 0) is 55.8 Å². The van der Waals surface area contributed by atoms with Gasteiger partial charge in [0.15, 0.2) is 0 Å². The van der Waals surface area contributed by atoms with E-state index in [0.717, 1.165) is 11.3 Å². The van der Waals surface area contributed by atoms with Crippen LogP contribution in [0.25, 0.3) is 0 Å². The molecule has 0 spiro atoms. The van der Waals surface area contributed by atoms with Crippen molar-refractivity contribution in [2.45, 2.75) is 37.9 Å². The lowest BCUT2D eigenvalue weighted by Crippen LogP contribution is -2.37. The summed E-state index contributed by atoms with van der Waals surface area (Å²) in [4.78, 5) is 0.0961. The van der Waals surface area contributed by atoms with Gasteiger partial charge in [0, 0.05) is 24.5 Å². The van der Waals surface area contributed by atoms with E-state index in [2.05, 4.69) is 0 Å². The second kappa shape index (κ2) is 8.06. The average Bonchev–Trinajstić information content (AvgIpc) is 3.07. The fourth-order valence-corrected chi connectivity index (χ4v) is 4.58. The molecule has 1 aromatic heterocycles. The fraction of sp³-hybridized carbons (Fsp3) is 0.238. The summed E-state index contributed by atoms with van der Waals surface area (Å²) in [6, 6.07) is 18.6. The van der Waals surface area contributed by atoms with Crippen molar-refractivity contribution in [3.63, 3.8) is 0 Å². The SMILES string of the molecule is CC(C)N(Cc1cccn1Cc1ccccc1)S(=O)(=O)c1ccc(F)cc1. The normalized spacial score (nSPS) is 12.0. The van der Waals surface area contributed by atoms with E-state index >= 15 is 0 Å². The molecule has 0 fully saturated rings. The molecule has 142 valence electrons. The van der Waals surface area contributed by atoms with E-state index in [1.807, 2.05) is 67.1 Å². The summed E-state index contributed by atoms with van der Waals surface area (Å²) in [5.74, 6) is -0.457. The van der Waals surface area contributed by atoms with E-state index in [-0.39, 0.29) is 17.5 Å². The van der Waals surface area contributed by atoms with Gasteiger partial charge in [-0.2, -0.15) is 4.31 Å². The van der Waals surface area contributed by atoms with Crippen LogP contribution in [0.5, 0.6) is 0 Å². The first kappa shape index (κ1) is 19.3. The standard InChI is InChI=1S/C21H23FN2O2S/c1-17(2)24(27(25,26)21-12-10-19(22)11-13-21)16-20-9-6-14-23(20)15-18-7-4-3-5-8-18/h3-14,17H,15-16H2,1-2H3. The Kier molecular flexibility index (Phi) is 5.77. The molecule has 27 heavy (non-hydrogen) atoms. The van der Waals surface area contributed by atoms with Crippen molar-refractivity contribution in [3.8, 4) is 0 Å². The highest BCUT2D eigenvalue weighted by molar-refractivity contribution is 7.89. The Morgan fingerprint density at radius 2 is 1.63 bits per heavy atom. The van der Waals surface area contributed by atoms with Gasteiger partial charge in [0.25, 0.3) is 0 Å². The molecule has 0 saturated carbocycles. The first-order valence-electron chi connectivity index (χ1n) is 8.83. The van der Waals surface area contributed by atoms with Crippen molar-refractivity contribution < 1.29 is 12.8 Å². The van der Waals surface area contributed by atoms with Crippen LogP contribution in [0, 0.1) is 5.82 Å². The summed E-state index contributed by atoms with van der Waals surface area (Å²) >= 11 is 0. The van der Waals surface area contributed by atoms with Gasteiger partial charge in [0.05, 0.1) is 11.4 Å². The third kappa shape index (κ3) is 4.46. The molecule has 1 heterocycles. The number of nitrogens with zero attached hydrogens (tertiary/aromatic N) is 2. The average molecular weight is 386 g/mol. The maximum atomic E-state index is 13.2. The third-order valence-electron chi connectivity index (χ3n) is 4.43. The molecular formula is C21H23FN2O2S. The van der Waals surface area contributed by atoms with Gasteiger partial charge in [-0.1, -0.05) is 30.3 Å². The van der Waals surface area contributed by atoms with Gasteiger partial charge in [0.2, 0.25) is 10.0 Å². The Morgan fingerprint density at radius 1 is 0.963 bits per heavy atom. The summed E-state index contributed by atoms with van der Waals surface area (Å²) in [5.41, 5.74) is 2.05. The topological polar surface area (TPSA) is 42.3 Å². The maximum Gasteiger partial charge on any atom is 0.243 e. The first-order chi connectivity index (χ1) is 12.9. The molecule has 0 amide bonds. The molecule has 0 aliphatic carbocycles. The minimum absolute atomic E-state index is 0.0961. The molecule has 6 heteroatoms.